The summed E-state index contributed by atoms with van der Waals surface area (Å²) in [5.74, 6) is 0. The van der Waals surface area contributed by atoms with Crippen LogP contribution in [0.3, 0.4) is 0 Å². The third-order valence-electron chi connectivity index (χ3n) is 3.22. The molecule has 1 saturated heterocycles. The summed E-state index contributed by atoms with van der Waals surface area (Å²) >= 11 is 0. The number of hydrogen-bond acceptors (Lipinski definition) is 1. The molecule has 1 fully saturated rings. The molecule has 1 aliphatic rings. The van der Waals surface area contributed by atoms with E-state index in [1.165, 1.54) is 25.1 Å². The average Bonchev–Trinajstić information content (AvgIpc) is 2.78. The lowest BCUT2D eigenvalue weighted by Gasteiger charge is -2.30. The van der Waals surface area contributed by atoms with Gasteiger partial charge in [0.2, 0.25) is 0 Å². The zero-order valence-corrected chi connectivity index (χ0v) is 8.43. The van der Waals surface area contributed by atoms with Crippen LogP contribution >= 0.6 is 0 Å². The second-order valence-electron chi connectivity index (χ2n) is 4.45. The fourth-order valence-corrected chi connectivity index (χ4v) is 2.22. The van der Waals surface area contributed by atoms with Crippen LogP contribution in [0, 0.1) is 0 Å². The van der Waals surface area contributed by atoms with Crippen LogP contribution in [0.25, 0.3) is 0 Å². The Labute approximate surface area is 79.7 Å². The zero-order chi connectivity index (χ0) is 9.31. The minimum atomic E-state index is 0.236. The van der Waals surface area contributed by atoms with Crippen LogP contribution in [-0.4, -0.2) is 17.6 Å². The topological polar surface area (TPSA) is 27.8 Å². The molecule has 0 saturated carbocycles. The van der Waals surface area contributed by atoms with E-state index in [9.17, 15) is 0 Å². The van der Waals surface area contributed by atoms with E-state index in [1.807, 2.05) is 6.20 Å². The van der Waals surface area contributed by atoms with E-state index in [4.69, 9.17) is 0 Å². The van der Waals surface area contributed by atoms with Crippen molar-refractivity contribution in [2.45, 2.75) is 38.1 Å². The molecule has 1 aromatic rings. The van der Waals surface area contributed by atoms with E-state index in [0.29, 0.717) is 6.04 Å². The Morgan fingerprint density at radius 1 is 1.46 bits per heavy atom. The van der Waals surface area contributed by atoms with Crippen LogP contribution < -0.4 is 5.32 Å². The maximum atomic E-state index is 3.57. The third kappa shape index (κ3) is 1.51. The standard InChI is InChI=1S/C11H18N2/c1-11(2,9-5-3-7-12-9)10-6-4-8-13-10/h3,5,7,10,12-13H,4,6,8H2,1-2H3. The number of aromatic nitrogens is 1. The van der Waals surface area contributed by atoms with E-state index < -0.39 is 0 Å². The Balaban J connectivity index is 2.19. The molecule has 2 N–H and O–H groups in total. The molecule has 72 valence electrons. The Bertz CT molecular complexity index is 256. The molecule has 1 unspecified atom stereocenters. The Morgan fingerprint density at radius 2 is 2.31 bits per heavy atom. The summed E-state index contributed by atoms with van der Waals surface area (Å²) < 4.78 is 0. The molecular weight excluding hydrogens is 160 g/mol. The number of H-pyrrole nitrogens is 1. The smallest absolute Gasteiger partial charge is 0.0220 e. The highest BCUT2D eigenvalue weighted by Gasteiger charge is 2.33. The second kappa shape index (κ2) is 3.18. The van der Waals surface area contributed by atoms with Crippen molar-refractivity contribution in [3.63, 3.8) is 0 Å². The van der Waals surface area contributed by atoms with E-state index in [-0.39, 0.29) is 5.41 Å². The first-order valence-corrected chi connectivity index (χ1v) is 5.08. The highest BCUT2D eigenvalue weighted by Crippen LogP contribution is 2.30. The summed E-state index contributed by atoms with van der Waals surface area (Å²) in [5, 5.41) is 3.57. The van der Waals surface area contributed by atoms with Gasteiger partial charge in [-0.25, -0.2) is 0 Å². The minimum Gasteiger partial charge on any atom is -0.365 e. The van der Waals surface area contributed by atoms with Gasteiger partial charge in [-0.2, -0.15) is 0 Å². The van der Waals surface area contributed by atoms with E-state index in [1.54, 1.807) is 0 Å². The molecule has 2 nitrogen and oxygen atoms in total. The number of aromatic amines is 1. The molecule has 0 spiro atoms. The molecule has 2 heteroatoms. The molecule has 1 aliphatic heterocycles. The normalized spacial score (nSPS) is 23.7. The molecule has 2 heterocycles. The third-order valence-corrected chi connectivity index (χ3v) is 3.22. The van der Waals surface area contributed by atoms with Gasteiger partial charge in [-0.15, -0.1) is 0 Å². The van der Waals surface area contributed by atoms with Crippen LogP contribution in [0.15, 0.2) is 18.3 Å². The van der Waals surface area contributed by atoms with E-state index in [2.05, 4.69) is 36.3 Å². The SMILES string of the molecule is CC(C)(c1ccc[nH]1)C1CCCN1. The highest BCUT2D eigenvalue weighted by atomic mass is 15.0. The van der Waals surface area contributed by atoms with Crippen molar-refractivity contribution in [1.29, 1.82) is 0 Å². The summed E-state index contributed by atoms with van der Waals surface area (Å²) in [6.45, 7) is 5.79. The van der Waals surface area contributed by atoms with Crippen molar-refractivity contribution in [1.82, 2.24) is 10.3 Å². The molecule has 1 aromatic heterocycles. The van der Waals surface area contributed by atoms with Crippen LogP contribution in [-0.2, 0) is 5.41 Å². The molecule has 1 atom stereocenters. The molecule has 0 amide bonds. The lowest BCUT2D eigenvalue weighted by Crippen LogP contribution is -2.40. The zero-order valence-electron chi connectivity index (χ0n) is 8.43. The first-order chi connectivity index (χ1) is 6.21. The van der Waals surface area contributed by atoms with Gasteiger partial charge in [0.05, 0.1) is 0 Å². The number of rotatable bonds is 2. The summed E-state index contributed by atoms with van der Waals surface area (Å²) in [5.41, 5.74) is 1.58. The highest BCUT2D eigenvalue weighted by molar-refractivity contribution is 5.19. The lowest BCUT2D eigenvalue weighted by atomic mass is 9.80. The Morgan fingerprint density at radius 3 is 2.85 bits per heavy atom. The maximum Gasteiger partial charge on any atom is 0.0220 e. The molecule has 2 rings (SSSR count). The molecule has 13 heavy (non-hydrogen) atoms. The van der Waals surface area contributed by atoms with Gasteiger partial charge in [-0.05, 0) is 31.5 Å². The molecule has 0 aromatic carbocycles. The van der Waals surface area contributed by atoms with Crippen molar-refractivity contribution in [3.05, 3.63) is 24.0 Å². The van der Waals surface area contributed by atoms with Crippen LogP contribution in [0.5, 0.6) is 0 Å². The van der Waals surface area contributed by atoms with Gasteiger partial charge in [0.1, 0.15) is 0 Å². The van der Waals surface area contributed by atoms with Gasteiger partial charge >= 0.3 is 0 Å². The Hall–Kier alpha value is -0.760. The van der Waals surface area contributed by atoms with Crippen molar-refractivity contribution in [2.75, 3.05) is 6.54 Å². The molecule has 0 aliphatic carbocycles. The fraction of sp³-hybridized carbons (Fsp3) is 0.636. The first kappa shape index (κ1) is 8.82. The van der Waals surface area contributed by atoms with Crippen molar-refractivity contribution in [2.24, 2.45) is 0 Å². The molecule has 0 radical (unpaired) electrons. The van der Waals surface area contributed by atoms with Crippen molar-refractivity contribution >= 4 is 0 Å². The summed E-state index contributed by atoms with van der Waals surface area (Å²) in [6.07, 6.45) is 4.62. The van der Waals surface area contributed by atoms with Gasteiger partial charge in [-0.3, -0.25) is 0 Å². The van der Waals surface area contributed by atoms with Gasteiger partial charge in [0.25, 0.3) is 0 Å². The van der Waals surface area contributed by atoms with Crippen molar-refractivity contribution in [3.8, 4) is 0 Å². The monoisotopic (exact) mass is 178 g/mol. The predicted octanol–water partition coefficient (Wildman–Crippen LogP) is 2.04. The van der Waals surface area contributed by atoms with Gasteiger partial charge < -0.3 is 10.3 Å². The summed E-state index contributed by atoms with van der Waals surface area (Å²) in [4.78, 5) is 3.31. The van der Waals surface area contributed by atoms with Gasteiger partial charge in [-0.1, -0.05) is 13.8 Å². The molecule has 0 bridgehead atoms. The van der Waals surface area contributed by atoms with E-state index in [0.717, 1.165) is 0 Å². The van der Waals surface area contributed by atoms with Gasteiger partial charge in [0, 0.05) is 23.3 Å². The van der Waals surface area contributed by atoms with Crippen LogP contribution in [0.2, 0.25) is 0 Å². The van der Waals surface area contributed by atoms with Crippen LogP contribution in [0.4, 0.5) is 0 Å². The van der Waals surface area contributed by atoms with E-state index >= 15 is 0 Å². The second-order valence-corrected chi connectivity index (χ2v) is 4.45. The fourth-order valence-electron chi connectivity index (χ4n) is 2.22. The lowest BCUT2D eigenvalue weighted by molar-refractivity contribution is 0.369. The summed E-state index contributed by atoms with van der Waals surface area (Å²) in [6, 6.07) is 4.89. The van der Waals surface area contributed by atoms with Crippen molar-refractivity contribution < 1.29 is 0 Å². The van der Waals surface area contributed by atoms with Gasteiger partial charge in [0.15, 0.2) is 0 Å². The first-order valence-electron chi connectivity index (χ1n) is 5.08. The Kier molecular flexibility index (Phi) is 2.16. The molecular formula is C11H18N2. The summed E-state index contributed by atoms with van der Waals surface area (Å²) in [7, 11) is 0. The number of nitrogens with one attached hydrogen (secondary N) is 2. The van der Waals surface area contributed by atoms with Crippen LogP contribution in [0.1, 0.15) is 32.4 Å². The average molecular weight is 178 g/mol. The largest absolute Gasteiger partial charge is 0.365 e. The number of hydrogen-bond donors (Lipinski definition) is 2. The minimum absolute atomic E-state index is 0.236. The maximum absolute atomic E-state index is 3.57. The quantitative estimate of drug-likeness (QED) is 0.712. The predicted molar refractivity (Wildman–Crippen MR) is 54.8 cm³/mol.